The van der Waals surface area contributed by atoms with Crippen molar-refractivity contribution in [2.24, 2.45) is 0 Å². The van der Waals surface area contributed by atoms with E-state index in [1.807, 2.05) is 0 Å². The van der Waals surface area contributed by atoms with E-state index in [0.29, 0.717) is 0 Å². The number of anilines is 9. The number of aromatic nitrogens is 2. The fourth-order valence-corrected chi connectivity index (χ4v) is 18.1. The summed E-state index contributed by atoms with van der Waals surface area (Å²) in [4.78, 5) is 7.79. The van der Waals surface area contributed by atoms with E-state index in [2.05, 4.69) is 456 Å². The van der Waals surface area contributed by atoms with Crippen LogP contribution in [0, 0.1) is 0 Å². The van der Waals surface area contributed by atoms with Crippen molar-refractivity contribution in [1.82, 2.24) is 9.13 Å². The Balaban J connectivity index is 0.969. The molecular formula is C108H88BN5. The third-order valence-electron chi connectivity index (χ3n) is 23.8. The number of rotatable bonds is 12. The summed E-state index contributed by atoms with van der Waals surface area (Å²) < 4.78 is 5.08. The highest BCUT2D eigenvalue weighted by Crippen LogP contribution is 2.54. The van der Waals surface area contributed by atoms with Gasteiger partial charge in [-0.1, -0.05) is 311 Å². The van der Waals surface area contributed by atoms with Crippen LogP contribution in [0.1, 0.15) is 79.0 Å². The van der Waals surface area contributed by atoms with Crippen molar-refractivity contribution in [3.8, 4) is 67.0 Å². The lowest BCUT2D eigenvalue weighted by Crippen LogP contribution is -2.61. The van der Waals surface area contributed by atoms with Crippen molar-refractivity contribution in [3.05, 3.63) is 387 Å². The molecule has 20 rings (SSSR count). The Kier molecular flexibility index (Phi) is 16.7. The third-order valence-corrected chi connectivity index (χ3v) is 23.8. The van der Waals surface area contributed by atoms with Crippen LogP contribution < -0.4 is 31.1 Å². The first-order chi connectivity index (χ1) is 55.4. The van der Waals surface area contributed by atoms with Gasteiger partial charge in [-0.25, -0.2) is 0 Å². The van der Waals surface area contributed by atoms with Gasteiger partial charge in [0.05, 0.1) is 33.4 Å². The fraction of sp³-hybridized carbons (Fsp3) is 0.111. The van der Waals surface area contributed by atoms with E-state index in [-0.39, 0.29) is 23.0 Å². The monoisotopic (exact) mass is 1470 g/mol. The molecule has 2 aromatic heterocycles. The van der Waals surface area contributed by atoms with Crippen LogP contribution in [0.15, 0.2) is 370 Å². The van der Waals surface area contributed by atoms with Gasteiger partial charge in [-0.3, -0.25) is 0 Å². The number of nitrogens with zero attached hydrogens (tertiary/aromatic N) is 5. The van der Waals surface area contributed by atoms with Gasteiger partial charge in [-0.05, 0) is 215 Å². The van der Waals surface area contributed by atoms with E-state index in [1.165, 1.54) is 49.4 Å². The topological polar surface area (TPSA) is 19.6 Å². The van der Waals surface area contributed by atoms with E-state index >= 15 is 0 Å². The van der Waals surface area contributed by atoms with Crippen LogP contribution in [-0.2, 0) is 16.2 Å². The van der Waals surface area contributed by atoms with Crippen LogP contribution in [0.25, 0.3) is 111 Å². The maximum atomic E-state index is 2.73. The molecule has 0 saturated carbocycles. The predicted octanol–water partition coefficient (Wildman–Crippen LogP) is 27.7. The number of fused-ring (bicyclic) bond motifs is 10. The summed E-state index contributed by atoms with van der Waals surface area (Å²) in [7, 11) is 0. The number of para-hydroxylation sites is 5. The zero-order valence-corrected chi connectivity index (χ0v) is 66.0. The quantitative estimate of drug-likeness (QED) is 0.114. The molecule has 18 aromatic rings. The lowest BCUT2D eigenvalue weighted by Gasteiger charge is -2.45. The van der Waals surface area contributed by atoms with Crippen molar-refractivity contribution in [2.45, 2.75) is 78.6 Å². The molecule has 16 aromatic carbocycles. The molecule has 5 nitrogen and oxygen atoms in total. The van der Waals surface area contributed by atoms with Crippen LogP contribution in [0.5, 0.6) is 0 Å². The van der Waals surface area contributed by atoms with Gasteiger partial charge in [0.1, 0.15) is 0 Å². The third kappa shape index (κ3) is 11.9. The van der Waals surface area contributed by atoms with E-state index in [4.69, 9.17) is 0 Å². The second kappa shape index (κ2) is 27.2. The molecule has 0 spiro atoms. The maximum absolute atomic E-state index is 2.73. The molecule has 114 heavy (non-hydrogen) atoms. The van der Waals surface area contributed by atoms with Crippen molar-refractivity contribution >= 4 is 118 Å². The molecule has 6 heteroatoms. The zero-order chi connectivity index (χ0) is 77.3. The molecular weight excluding hydrogens is 1380 g/mol. The van der Waals surface area contributed by atoms with Crippen molar-refractivity contribution < 1.29 is 0 Å². The Morgan fingerprint density at radius 1 is 0.237 bits per heavy atom. The van der Waals surface area contributed by atoms with Gasteiger partial charge >= 0.3 is 0 Å². The Morgan fingerprint density at radius 2 is 0.623 bits per heavy atom. The lowest BCUT2D eigenvalue weighted by atomic mass is 9.33. The number of benzene rings is 16. The van der Waals surface area contributed by atoms with Crippen molar-refractivity contribution in [2.75, 3.05) is 14.7 Å². The smallest absolute Gasteiger partial charge is 0.252 e. The highest BCUT2D eigenvalue weighted by atomic mass is 15.2. The van der Waals surface area contributed by atoms with E-state index < -0.39 is 0 Å². The van der Waals surface area contributed by atoms with Crippen LogP contribution in [0.4, 0.5) is 51.2 Å². The molecule has 0 atom stereocenters. The van der Waals surface area contributed by atoms with Gasteiger partial charge in [-0.15, -0.1) is 0 Å². The zero-order valence-electron chi connectivity index (χ0n) is 66.0. The molecule has 0 bridgehead atoms. The normalized spacial score (nSPS) is 12.7. The van der Waals surface area contributed by atoms with Gasteiger partial charge in [-0.2, -0.15) is 0 Å². The van der Waals surface area contributed by atoms with Gasteiger partial charge in [0, 0.05) is 83.9 Å². The average molecular weight is 1470 g/mol. The predicted molar refractivity (Wildman–Crippen MR) is 487 cm³/mol. The summed E-state index contributed by atoms with van der Waals surface area (Å²) in [5, 5.41) is 4.75. The van der Waals surface area contributed by atoms with Crippen molar-refractivity contribution in [1.29, 1.82) is 0 Å². The number of hydrogen-bond acceptors (Lipinski definition) is 3. The number of hydrogen-bond donors (Lipinski definition) is 0. The Morgan fingerprint density at radius 3 is 1.11 bits per heavy atom. The Hall–Kier alpha value is -13.4. The molecule has 2 aliphatic heterocycles. The standard InChI is InChI=1S/C108H88BN5/c1-106(2,3)79-59-78(60-80(64-79)107(4,5)6)75-52-55-94-100(63-75)113(86-61-76(71-34-16-10-17-35-71)58-77(62-86)72-36-18-11-19-37-72)102-69-87(112-98-51-33-30-48-90(98)93-67-84(54-57-99(93)112)110(82-42-24-14-25-43-82)83-44-26-15-27-45-83)70-103-104(102)109(94)95-56-53-85(111-96-49-31-28-46-88(96)89-47-29-32-50-97(89)111)68-101(95)114(103)105-91(73-38-20-12-21-39-73)65-81(108(7,8)9)66-92(105)74-40-22-13-23-41-74/h10-70H,1-9H3. The molecule has 0 saturated heterocycles. The summed E-state index contributed by atoms with van der Waals surface area (Å²) in [5.74, 6) is 0. The largest absolute Gasteiger partial charge is 0.311 e. The summed E-state index contributed by atoms with van der Waals surface area (Å²) >= 11 is 0. The summed E-state index contributed by atoms with van der Waals surface area (Å²) in [6, 6.07) is 140. The minimum absolute atomic E-state index is 0.116. The molecule has 4 heterocycles. The van der Waals surface area contributed by atoms with E-state index in [0.717, 1.165) is 145 Å². The molecule has 0 aliphatic carbocycles. The second-order valence-electron chi connectivity index (χ2n) is 34.2. The van der Waals surface area contributed by atoms with Gasteiger partial charge in [0.25, 0.3) is 6.71 Å². The van der Waals surface area contributed by atoms with Crippen LogP contribution in [0.2, 0.25) is 0 Å². The molecule has 548 valence electrons. The highest BCUT2D eigenvalue weighted by molar-refractivity contribution is 7.00. The first-order valence-electron chi connectivity index (χ1n) is 40.2. The van der Waals surface area contributed by atoms with Crippen LogP contribution in [-0.4, -0.2) is 15.8 Å². The summed E-state index contributed by atoms with van der Waals surface area (Å²) in [5.41, 5.74) is 35.0. The van der Waals surface area contributed by atoms with Crippen LogP contribution in [0.3, 0.4) is 0 Å². The van der Waals surface area contributed by atoms with E-state index in [1.54, 1.807) is 0 Å². The van der Waals surface area contributed by atoms with Gasteiger partial charge in [0.15, 0.2) is 0 Å². The molecule has 0 amide bonds. The Bertz CT molecular complexity index is 6540. The average Bonchev–Trinajstić information content (AvgIpc) is 0.811. The molecule has 2 aliphatic rings. The molecule has 0 fully saturated rings. The summed E-state index contributed by atoms with van der Waals surface area (Å²) in [6.07, 6.45) is 0. The SMILES string of the molecule is CC(C)(C)c1cc(-c2ccc3c(c2)N(c2cc(-c4ccccc4)cc(-c4ccccc4)c2)c2cc(-n4c5ccccc5c5cc(N(c6ccccc6)c6ccccc6)ccc54)cc4c2B3c2ccc(-n3c5ccccc5c5ccccc53)cc2N4c2c(-c3ccccc3)cc(C(C)(C)C)cc2-c2ccccc2)cc(C(C)(C)C)c1. The fourth-order valence-electron chi connectivity index (χ4n) is 18.1. The minimum atomic E-state index is -0.281. The first-order valence-corrected chi connectivity index (χ1v) is 40.2. The van der Waals surface area contributed by atoms with Gasteiger partial charge in [0.2, 0.25) is 0 Å². The highest BCUT2D eigenvalue weighted by Gasteiger charge is 2.46. The molecule has 0 radical (unpaired) electrons. The summed E-state index contributed by atoms with van der Waals surface area (Å²) in [6.45, 7) is 20.9. The molecule has 0 unspecified atom stereocenters. The maximum Gasteiger partial charge on any atom is 0.252 e. The van der Waals surface area contributed by atoms with E-state index in [9.17, 15) is 0 Å². The van der Waals surface area contributed by atoms with Gasteiger partial charge < -0.3 is 23.8 Å². The first kappa shape index (κ1) is 69.8. The van der Waals surface area contributed by atoms with Crippen LogP contribution >= 0.6 is 0 Å². The molecule has 0 N–H and O–H groups in total. The Labute approximate surface area is 669 Å². The van der Waals surface area contributed by atoms with Crippen molar-refractivity contribution in [3.63, 3.8) is 0 Å². The minimum Gasteiger partial charge on any atom is -0.311 e. The lowest BCUT2D eigenvalue weighted by molar-refractivity contribution is 0.569. The second-order valence-corrected chi connectivity index (χ2v) is 34.2.